The molecule has 4 heteroatoms. The minimum atomic E-state index is -0.620. The summed E-state index contributed by atoms with van der Waals surface area (Å²) < 4.78 is 0. The summed E-state index contributed by atoms with van der Waals surface area (Å²) in [6.45, 7) is 3.37. The molecule has 0 aliphatic heterocycles. The monoisotopic (exact) mass is 234 g/mol. The summed E-state index contributed by atoms with van der Waals surface area (Å²) in [5, 5.41) is 12.0. The smallest absolute Gasteiger partial charge is 0.237 e. The highest BCUT2D eigenvalue weighted by atomic mass is 16.3. The Bertz CT molecular complexity index is 365. The fourth-order valence-electron chi connectivity index (χ4n) is 1.49. The van der Waals surface area contributed by atoms with Gasteiger partial charge < -0.3 is 16.2 Å². The van der Waals surface area contributed by atoms with Gasteiger partial charge in [0.05, 0.1) is 18.7 Å². The van der Waals surface area contributed by atoms with E-state index in [1.54, 1.807) is 6.08 Å². The quantitative estimate of drug-likeness (QED) is 0.635. The average molecular weight is 234 g/mol. The minimum absolute atomic E-state index is 0.156. The number of aliphatic hydroxyl groups is 1. The second kappa shape index (κ2) is 6.83. The lowest BCUT2D eigenvalue weighted by Gasteiger charge is -2.19. The first kappa shape index (κ1) is 13.4. The standard InChI is InChI=1S/C13H18N2O2/c1-2-6-11(14)13(17)15-12(9-16)10-7-4-3-5-8-10/h2-5,7-8,11-12,16H,1,6,9,14H2,(H,15,17)/t11?,12-/m1/s1. The van der Waals surface area contributed by atoms with Gasteiger partial charge in [-0.3, -0.25) is 4.79 Å². The van der Waals surface area contributed by atoms with E-state index >= 15 is 0 Å². The molecule has 0 aromatic heterocycles. The van der Waals surface area contributed by atoms with Crippen LogP contribution in [-0.2, 0) is 4.79 Å². The van der Waals surface area contributed by atoms with Crippen LogP contribution in [0.5, 0.6) is 0 Å². The highest BCUT2D eigenvalue weighted by Crippen LogP contribution is 2.11. The topological polar surface area (TPSA) is 75.4 Å². The summed E-state index contributed by atoms with van der Waals surface area (Å²) in [6.07, 6.45) is 2.01. The van der Waals surface area contributed by atoms with Gasteiger partial charge in [0.15, 0.2) is 0 Å². The third-order valence-corrected chi connectivity index (χ3v) is 2.46. The first-order chi connectivity index (χ1) is 8.19. The Morgan fingerprint density at radius 3 is 2.65 bits per heavy atom. The van der Waals surface area contributed by atoms with Crippen molar-refractivity contribution in [1.29, 1.82) is 0 Å². The second-order valence-corrected chi connectivity index (χ2v) is 3.79. The molecule has 0 bridgehead atoms. The Morgan fingerprint density at radius 1 is 1.47 bits per heavy atom. The van der Waals surface area contributed by atoms with Crippen LogP contribution in [0.4, 0.5) is 0 Å². The van der Waals surface area contributed by atoms with Crippen molar-refractivity contribution in [3.63, 3.8) is 0 Å². The van der Waals surface area contributed by atoms with E-state index in [2.05, 4.69) is 11.9 Å². The van der Waals surface area contributed by atoms with Crippen molar-refractivity contribution in [2.45, 2.75) is 18.5 Å². The van der Waals surface area contributed by atoms with Crippen LogP contribution in [0.15, 0.2) is 43.0 Å². The van der Waals surface area contributed by atoms with Crippen molar-refractivity contribution >= 4 is 5.91 Å². The predicted molar refractivity (Wildman–Crippen MR) is 67.2 cm³/mol. The van der Waals surface area contributed by atoms with Crippen LogP contribution in [-0.4, -0.2) is 23.7 Å². The molecule has 4 N–H and O–H groups in total. The van der Waals surface area contributed by atoms with Crippen molar-refractivity contribution in [3.05, 3.63) is 48.6 Å². The van der Waals surface area contributed by atoms with Gasteiger partial charge in [-0.1, -0.05) is 36.4 Å². The largest absolute Gasteiger partial charge is 0.394 e. The Kier molecular flexibility index (Phi) is 5.39. The molecule has 92 valence electrons. The third-order valence-electron chi connectivity index (χ3n) is 2.46. The van der Waals surface area contributed by atoms with Crippen molar-refractivity contribution in [2.75, 3.05) is 6.61 Å². The number of carbonyl (C=O) groups excluding carboxylic acids is 1. The van der Waals surface area contributed by atoms with E-state index in [9.17, 15) is 9.90 Å². The number of hydrogen-bond acceptors (Lipinski definition) is 3. The number of amides is 1. The highest BCUT2D eigenvalue weighted by molar-refractivity contribution is 5.82. The number of aliphatic hydroxyl groups excluding tert-OH is 1. The average Bonchev–Trinajstić information content (AvgIpc) is 2.37. The van der Waals surface area contributed by atoms with Crippen LogP contribution >= 0.6 is 0 Å². The molecule has 1 aromatic rings. The van der Waals surface area contributed by atoms with Gasteiger partial charge in [0.2, 0.25) is 5.91 Å². The Morgan fingerprint density at radius 2 is 2.12 bits per heavy atom. The summed E-state index contributed by atoms with van der Waals surface area (Å²) in [7, 11) is 0. The molecule has 0 spiro atoms. The first-order valence-electron chi connectivity index (χ1n) is 5.51. The first-order valence-corrected chi connectivity index (χ1v) is 5.51. The molecule has 17 heavy (non-hydrogen) atoms. The molecule has 0 aliphatic rings. The predicted octanol–water partition coefficient (Wildman–Crippen LogP) is 0.740. The Balaban J connectivity index is 2.64. The van der Waals surface area contributed by atoms with Gasteiger partial charge in [0, 0.05) is 0 Å². The molecule has 0 saturated carbocycles. The van der Waals surface area contributed by atoms with E-state index in [1.165, 1.54) is 0 Å². The maximum Gasteiger partial charge on any atom is 0.237 e. The number of nitrogens with two attached hydrogens (primary N) is 1. The van der Waals surface area contributed by atoms with Gasteiger partial charge in [0.1, 0.15) is 0 Å². The van der Waals surface area contributed by atoms with E-state index < -0.39 is 12.1 Å². The van der Waals surface area contributed by atoms with Gasteiger partial charge >= 0.3 is 0 Å². The Labute approximate surface area is 101 Å². The SMILES string of the molecule is C=CCC(N)C(=O)N[C@H](CO)c1ccccc1. The van der Waals surface area contributed by atoms with Gasteiger partial charge in [-0.15, -0.1) is 6.58 Å². The van der Waals surface area contributed by atoms with Crippen molar-refractivity contribution in [3.8, 4) is 0 Å². The van der Waals surface area contributed by atoms with Gasteiger partial charge in [0.25, 0.3) is 0 Å². The van der Waals surface area contributed by atoms with E-state index in [0.717, 1.165) is 5.56 Å². The zero-order chi connectivity index (χ0) is 12.7. The normalized spacial score (nSPS) is 13.8. The number of hydrogen-bond donors (Lipinski definition) is 3. The van der Waals surface area contributed by atoms with Crippen LogP contribution < -0.4 is 11.1 Å². The molecule has 1 rings (SSSR count). The number of benzene rings is 1. The molecule has 0 saturated heterocycles. The molecule has 1 aromatic carbocycles. The van der Waals surface area contributed by atoms with Crippen LogP contribution in [0, 0.1) is 0 Å². The summed E-state index contributed by atoms with van der Waals surface area (Å²) in [6, 6.07) is 8.25. The molecule has 0 aliphatic carbocycles. The van der Waals surface area contributed by atoms with Gasteiger partial charge in [-0.25, -0.2) is 0 Å². The van der Waals surface area contributed by atoms with Crippen LogP contribution in [0.1, 0.15) is 18.0 Å². The molecule has 0 radical (unpaired) electrons. The summed E-state index contributed by atoms with van der Waals surface area (Å²) in [4.78, 5) is 11.7. The molecular formula is C13H18N2O2. The molecule has 1 amide bonds. The molecule has 1 unspecified atom stereocenters. The highest BCUT2D eigenvalue weighted by Gasteiger charge is 2.17. The van der Waals surface area contributed by atoms with E-state index in [0.29, 0.717) is 6.42 Å². The molecule has 2 atom stereocenters. The summed E-state index contributed by atoms with van der Waals surface area (Å²) in [5.41, 5.74) is 6.50. The van der Waals surface area contributed by atoms with E-state index in [1.807, 2.05) is 30.3 Å². The number of nitrogens with one attached hydrogen (secondary N) is 1. The zero-order valence-corrected chi connectivity index (χ0v) is 9.67. The summed E-state index contributed by atoms with van der Waals surface area (Å²) in [5.74, 6) is -0.284. The van der Waals surface area contributed by atoms with Crippen molar-refractivity contribution in [1.82, 2.24) is 5.32 Å². The fraction of sp³-hybridized carbons (Fsp3) is 0.308. The van der Waals surface area contributed by atoms with Crippen LogP contribution in [0.2, 0.25) is 0 Å². The molecule has 0 fully saturated rings. The van der Waals surface area contributed by atoms with Gasteiger partial charge in [-0.2, -0.15) is 0 Å². The Hall–Kier alpha value is -1.65. The lowest BCUT2D eigenvalue weighted by molar-refractivity contribution is -0.123. The molecular weight excluding hydrogens is 216 g/mol. The van der Waals surface area contributed by atoms with Crippen molar-refractivity contribution < 1.29 is 9.90 Å². The molecule has 0 heterocycles. The third kappa shape index (κ3) is 4.01. The zero-order valence-electron chi connectivity index (χ0n) is 9.67. The lowest BCUT2D eigenvalue weighted by Crippen LogP contribution is -2.42. The van der Waals surface area contributed by atoms with Crippen LogP contribution in [0.25, 0.3) is 0 Å². The van der Waals surface area contributed by atoms with Gasteiger partial charge in [-0.05, 0) is 12.0 Å². The second-order valence-electron chi connectivity index (χ2n) is 3.79. The maximum absolute atomic E-state index is 11.7. The van der Waals surface area contributed by atoms with Crippen molar-refractivity contribution in [2.24, 2.45) is 5.73 Å². The minimum Gasteiger partial charge on any atom is -0.394 e. The van der Waals surface area contributed by atoms with E-state index in [-0.39, 0.29) is 12.5 Å². The summed E-state index contributed by atoms with van der Waals surface area (Å²) >= 11 is 0. The maximum atomic E-state index is 11.7. The number of rotatable bonds is 6. The number of carbonyl (C=O) groups is 1. The van der Waals surface area contributed by atoms with Crippen LogP contribution in [0.3, 0.4) is 0 Å². The molecule has 4 nitrogen and oxygen atoms in total. The fourth-order valence-corrected chi connectivity index (χ4v) is 1.49. The van der Waals surface area contributed by atoms with E-state index in [4.69, 9.17) is 5.73 Å². The lowest BCUT2D eigenvalue weighted by atomic mass is 10.1.